The van der Waals surface area contributed by atoms with Gasteiger partial charge in [-0.1, -0.05) is 35.4 Å². The fourth-order valence-corrected chi connectivity index (χ4v) is 6.17. The maximum absolute atomic E-state index is 10.5. The van der Waals surface area contributed by atoms with Crippen molar-refractivity contribution in [2.45, 2.75) is 29.7 Å². The van der Waals surface area contributed by atoms with Crippen molar-refractivity contribution < 1.29 is 35.4 Å². The van der Waals surface area contributed by atoms with E-state index in [-0.39, 0.29) is 16.6 Å². The molecule has 3 aromatic carbocycles. The molecule has 45 heavy (non-hydrogen) atoms. The number of fused-ring (bicyclic) bond motifs is 2. The monoisotopic (exact) mass is 654 g/mol. The smallest absolute Gasteiger partial charge is 0.294 e. The average molecular weight is 655 g/mol. The van der Waals surface area contributed by atoms with Gasteiger partial charge < -0.3 is 19.3 Å². The fraction of sp³-hybridized carbons (Fsp3) is 0.290. The van der Waals surface area contributed by atoms with E-state index in [4.69, 9.17) is 18.6 Å². The van der Waals surface area contributed by atoms with Gasteiger partial charge in [-0.05, 0) is 75.5 Å². The van der Waals surface area contributed by atoms with E-state index in [1.165, 1.54) is 30.8 Å². The first kappa shape index (κ1) is 32.3. The minimum Gasteiger partial charge on any atom is -0.454 e. The second-order valence-corrected chi connectivity index (χ2v) is 13.9. The van der Waals surface area contributed by atoms with Gasteiger partial charge in [0.25, 0.3) is 20.2 Å². The molecule has 0 aliphatic carbocycles. The highest BCUT2D eigenvalue weighted by Gasteiger charge is 2.43. The molecule has 3 aliphatic rings. The number of hydrogen-bond donors (Lipinski definition) is 2. The molecular weight excluding hydrogens is 620 g/mol. The Bertz CT molecular complexity index is 1780. The zero-order valence-electron chi connectivity index (χ0n) is 24.9. The molecule has 0 bridgehead atoms. The van der Waals surface area contributed by atoms with Gasteiger partial charge in [0.15, 0.2) is 17.3 Å². The first-order valence-electron chi connectivity index (χ1n) is 14.1. The van der Waals surface area contributed by atoms with Crippen molar-refractivity contribution in [1.29, 1.82) is 0 Å². The Morgan fingerprint density at radius 1 is 0.711 bits per heavy atom. The lowest BCUT2D eigenvalue weighted by Gasteiger charge is -2.40. The van der Waals surface area contributed by atoms with E-state index in [0.29, 0.717) is 6.04 Å². The van der Waals surface area contributed by atoms with Crippen molar-refractivity contribution in [2.75, 3.05) is 38.4 Å². The van der Waals surface area contributed by atoms with Crippen LogP contribution in [0.5, 0.6) is 11.5 Å². The van der Waals surface area contributed by atoms with Crippen LogP contribution in [0.2, 0.25) is 0 Å². The van der Waals surface area contributed by atoms with Crippen LogP contribution in [0.3, 0.4) is 0 Å². The Kier molecular flexibility index (Phi) is 9.41. The van der Waals surface area contributed by atoms with E-state index >= 15 is 0 Å². The number of anilines is 1. The SMILES string of the molecule is CN1C[C@@H]2CN(c3ccc(-c4ccc5c(c4)OCO5)nn3)C[C@@H]21.Cc1ccc(S(=O)(=O)O)cc1.Cc1ccc(S(=O)(=O)O)cc1. The van der Waals surface area contributed by atoms with Gasteiger partial charge in [-0.15, -0.1) is 10.2 Å². The van der Waals surface area contributed by atoms with Gasteiger partial charge in [0.1, 0.15) is 0 Å². The molecule has 2 saturated heterocycles. The summed E-state index contributed by atoms with van der Waals surface area (Å²) in [7, 11) is -5.85. The normalized spacial score (nSPS) is 18.6. The molecule has 2 fully saturated rings. The molecule has 2 atom stereocenters. The second-order valence-electron chi connectivity index (χ2n) is 11.1. The van der Waals surface area contributed by atoms with Crippen LogP contribution in [0.25, 0.3) is 11.3 Å². The lowest BCUT2D eigenvalue weighted by Crippen LogP contribution is -2.52. The van der Waals surface area contributed by atoms with Crippen LogP contribution in [0.15, 0.2) is 88.7 Å². The van der Waals surface area contributed by atoms with Crippen molar-refractivity contribution in [3.05, 3.63) is 90.0 Å². The van der Waals surface area contributed by atoms with Crippen LogP contribution in [0, 0.1) is 19.8 Å². The van der Waals surface area contributed by atoms with Crippen molar-refractivity contribution in [1.82, 2.24) is 15.1 Å². The molecular formula is C31H34N4O8S2. The van der Waals surface area contributed by atoms with E-state index in [1.807, 2.05) is 38.1 Å². The summed E-state index contributed by atoms with van der Waals surface area (Å²) in [6.07, 6.45) is 0. The van der Waals surface area contributed by atoms with Crippen molar-refractivity contribution in [2.24, 2.45) is 5.92 Å². The molecule has 7 rings (SSSR count). The molecule has 4 aromatic rings. The third-order valence-electron chi connectivity index (χ3n) is 7.78. The number of rotatable bonds is 4. The average Bonchev–Trinajstić information content (AvgIpc) is 3.61. The predicted octanol–water partition coefficient (Wildman–Crippen LogP) is 4.11. The minimum absolute atomic E-state index is 0.0666. The van der Waals surface area contributed by atoms with Gasteiger partial charge in [0, 0.05) is 37.2 Å². The summed E-state index contributed by atoms with van der Waals surface area (Å²) in [4.78, 5) is 4.63. The van der Waals surface area contributed by atoms with Crippen LogP contribution < -0.4 is 14.4 Å². The van der Waals surface area contributed by atoms with Gasteiger partial charge in [-0.2, -0.15) is 16.8 Å². The first-order valence-corrected chi connectivity index (χ1v) is 16.9. The van der Waals surface area contributed by atoms with Crippen molar-refractivity contribution in [3.63, 3.8) is 0 Å². The molecule has 14 heteroatoms. The number of hydrogen-bond acceptors (Lipinski definition) is 10. The summed E-state index contributed by atoms with van der Waals surface area (Å²) in [5.41, 5.74) is 3.76. The van der Waals surface area contributed by atoms with E-state index < -0.39 is 20.2 Å². The van der Waals surface area contributed by atoms with Gasteiger partial charge >= 0.3 is 0 Å². The van der Waals surface area contributed by atoms with E-state index in [1.54, 1.807) is 24.3 Å². The Labute approximate surface area is 262 Å². The highest BCUT2D eigenvalue weighted by molar-refractivity contribution is 7.86. The Balaban J connectivity index is 0.000000153. The molecule has 0 radical (unpaired) electrons. The third kappa shape index (κ3) is 7.96. The van der Waals surface area contributed by atoms with Crippen LogP contribution in [0.4, 0.5) is 5.82 Å². The molecule has 12 nitrogen and oxygen atoms in total. The van der Waals surface area contributed by atoms with Crippen LogP contribution in [-0.4, -0.2) is 80.6 Å². The Morgan fingerprint density at radius 2 is 1.29 bits per heavy atom. The summed E-state index contributed by atoms with van der Waals surface area (Å²) in [5, 5.41) is 8.84. The van der Waals surface area contributed by atoms with Crippen LogP contribution in [0.1, 0.15) is 11.1 Å². The number of nitrogens with zero attached hydrogens (tertiary/aromatic N) is 4. The fourth-order valence-electron chi connectivity index (χ4n) is 5.21. The summed E-state index contributed by atoms with van der Waals surface area (Å²) in [6.45, 7) is 7.31. The summed E-state index contributed by atoms with van der Waals surface area (Å²) in [5.74, 6) is 3.31. The highest BCUT2D eigenvalue weighted by Crippen LogP contribution is 2.36. The Hall–Kier alpha value is -4.08. The number of aryl methyl sites for hydroxylation is 2. The lowest BCUT2D eigenvalue weighted by molar-refractivity contribution is 0.0827. The van der Waals surface area contributed by atoms with Gasteiger partial charge in [0.05, 0.1) is 15.5 Å². The van der Waals surface area contributed by atoms with Gasteiger partial charge in [-0.25, -0.2) is 0 Å². The maximum atomic E-state index is 10.5. The van der Waals surface area contributed by atoms with Crippen LogP contribution in [-0.2, 0) is 20.2 Å². The Morgan fingerprint density at radius 3 is 1.78 bits per heavy atom. The standard InChI is InChI=1S/C17H18N4O2.2C7H8O3S/c1-20-7-12-8-21(9-14(12)20)17-5-3-13(18-19-17)11-2-4-15-16(6-11)23-10-22-15;2*1-6-2-4-7(5-3-6)11(8,9)10/h2-6,12,14H,7-10H2,1H3;2*2-5H,1H3,(H,8,9,10)/t12-,14+;;/m1../s1. The number of benzene rings is 3. The summed E-state index contributed by atoms with van der Waals surface area (Å²) in [6, 6.07) is 22.6. The quantitative estimate of drug-likeness (QED) is 0.304. The van der Waals surface area contributed by atoms with E-state index in [2.05, 4.69) is 33.1 Å². The lowest BCUT2D eigenvalue weighted by atomic mass is 9.93. The van der Waals surface area contributed by atoms with Crippen molar-refractivity contribution >= 4 is 26.1 Å². The van der Waals surface area contributed by atoms with E-state index in [0.717, 1.165) is 58.7 Å². The zero-order valence-corrected chi connectivity index (χ0v) is 26.6. The van der Waals surface area contributed by atoms with Crippen LogP contribution >= 0.6 is 0 Å². The summed E-state index contributed by atoms with van der Waals surface area (Å²) < 4.78 is 69.9. The predicted molar refractivity (Wildman–Crippen MR) is 168 cm³/mol. The molecule has 4 heterocycles. The van der Waals surface area contributed by atoms with Gasteiger partial charge in [0.2, 0.25) is 6.79 Å². The number of aromatic nitrogens is 2. The molecule has 238 valence electrons. The highest BCUT2D eigenvalue weighted by atomic mass is 32.2. The molecule has 2 N–H and O–H groups in total. The maximum Gasteiger partial charge on any atom is 0.294 e. The minimum atomic E-state index is -4.02. The third-order valence-corrected chi connectivity index (χ3v) is 9.51. The largest absolute Gasteiger partial charge is 0.454 e. The molecule has 0 unspecified atom stereocenters. The second kappa shape index (κ2) is 13.1. The van der Waals surface area contributed by atoms with E-state index in [9.17, 15) is 16.8 Å². The summed E-state index contributed by atoms with van der Waals surface area (Å²) >= 11 is 0. The van der Waals surface area contributed by atoms with Gasteiger partial charge in [-0.3, -0.25) is 9.11 Å². The molecule has 0 spiro atoms. The zero-order chi connectivity index (χ0) is 32.4. The molecule has 3 aliphatic heterocycles. The molecule has 0 amide bonds. The number of likely N-dealkylation sites (N-methyl/N-ethyl adjacent to an activating group) is 1. The molecule has 0 saturated carbocycles. The van der Waals surface area contributed by atoms with Crippen molar-refractivity contribution in [3.8, 4) is 22.8 Å². The number of ether oxygens (including phenoxy) is 2. The molecule has 1 aromatic heterocycles. The topological polar surface area (TPSA) is 159 Å². The number of likely N-dealkylation sites (tertiary alicyclic amines) is 1. The first-order chi connectivity index (χ1) is 21.3.